The maximum atomic E-state index is 4.37. The summed E-state index contributed by atoms with van der Waals surface area (Å²) >= 11 is 0. The zero-order valence-corrected chi connectivity index (χ0v) is 11.2. The number of hydrogen-bond donors (Lipinski definition) is 1. The molecule has 0 saturated carbocycles. The van der Waals surface area contributed by atoms with Gasteiger partial charge in [0.05, 0.1) is 0 Å². The van der Waals surface area contributed by atoms with Gasteiger partial charge in [-0.1, -0.05) is 13.0 Å². The molecular weight excluding hydrogens is 210 g/mol. The molecule has 1 heterocycles. The van der Waals surface area contributed by atoms with E-state index >= 15 is 0 Å². The summed E-state index contributed by atoms with van der Waals surface area (Å²) in [5.74, 6) is 0. The molecule has 0 aromatic carbocycles. The predicted octanol–water partition coefficient (Wildman–Crippen LogP) is 2.51. The van der Waals surface area contributed by atoms with Gasteiger partial charge in [-0.05, 0) is 26.0 Å². The molecule has 3 nitrogen and oxygen atoms in total. The summed E-state index contributed by atoms with van der Waals surface area (Å²) in [5.41, 5.74) is 3.53. The van der Waals surface area contributed by atoms with E-state index in [1.807, 2.05) is 19.2 Å². The van der Waals surface area contributed by atoms with Crippen molar-refractivity contribution in [2.24, 2.45) is 0 Å². The summed E-state index contributed by atoms with van der Waals surface area (Å²) in [5, 5.41) is 3.42. The lowest BCUT2D eigenvalue weighted by atomic mass is 10.2. The number of hydrogen-bond acceptors (Lipinski definition) is 3. The normalized spacial score (nSPS) is 10.3. The topological polar surface area (TPSA) is 28.2 Å². The lowest BCUT2D eigenvalue weighted by Crippen LogP contribution is -2.21. The van der Waals surface area contributed by atoms with Crippen LogP contribution in [0.15, 0.2) is 24.9 Å². The molecule has 0 fully saturated rings. The Morgan fingerprint density at radius 3 is 2.94 bits per heavy atom. The Morgan fingerprint density at radius 1 is 1.53 bits per heavy atom. The Labute approximate surface area is 105 Å². The molecule has 0 radical (unpaired) electrons. The van der Waals surface area contributed by atoms with Gasteiger partial charge in [0, 0.05) is 43.3 Å². The van der Waals surface area contributed by atoms with Crippen LogP contribution in [0, 0.1) is 6.92 Å². The molecule has 0 aliphatic carbocycles. The van der Waals surface area contributed by atoms with Crippen LogP contribution in [0.2, 0.25) is 0 Å². The maximum Gasteiger partial charge on any atom is 0.0445 e. The van der Waals surface area contributed by atoms with Gasteiger partial charge in [-0.2, -0.15) is 0 Å². The Bertz CT molecular complexity index is 360. The van der Waals surface area contributed by atoms with E-state index < -0.39 is 0 Å². The average molecular weight is 233 g/mol. The van der Waals surface area contributed by atoms with Crippen LogP contribution < -0.4 is 10.2 Å². The van der Waals surface area contributed by atoms with Crippen molar-refractivity contribution in [3.63, 3.8) is 0 Å². The number of pyridine rings is 1. The summed E-state index contributed by atoms with van der Waals surface area (Å²) in [7, 11) is 2.08. The van der Waals surface area contributed by atoms with E-state index in [2.05, 4.69) is 41.8 Å². The molecule has 0 unspecified atom stereocenters. The van der Waals surface area contributed by atoms with Crippen molar-refractivity contribution in [1.29, 1.82) is 0 Å². The minimum atomic E-state index is 0.851. The molecule has 1 rings (SSSR count). The second-order valence-electron chi connectivity index (χ2n) is 4.30. The minimum absolute atomic E-state index is 0.851. The fourth-order valence-corrected chi connectivity index (χ4v) is 1.76. The molecule has 1 aromatic rings. The van der Waals surface area contributed by atoms with Gasteiger partial charge in [0.2, 0.25) is 0 Å². The number of nitrogens with zero attached hydrogens (tertiary/aromatic N) is 2. The molecule has 1 N–H and O–H groups in total. The van der Waals surface area contributed by atoms with Gasteiger partial charge in [0.25, 0.3) is 0 Å². The average Bonchev–Trinajstić information content (AvgIpc) is 2.31. The quantitative estimate of drug-likeness (QED) is 0.579. The first-order chi connectivity index (χ1) is 8.19. The first-order valence-corrected chi connectivity index (χ1v) is 6.17. The third-order valence-corrected chi connectivity index (χ3v) is 2.66. The van der Waals surface area contributed by atoms with Crippen LogP contribution in [0.5, 0.6) is 0 Å². The van der Waals surface area contributed by atoms with E-state index in [0.717, 1.165) is 31.7 Å². The van der Waals surface area contributed by atoms with Gasteiger partial charge in [0.15, 0.2) is 0 Å². The van der Waals surface area contributed by atoms with Crippen LogP contribution in [-0.4, -0.2) is 25.1 Å². The highest BCUT2D eigenvalue weighted by Gasteiger charge is 2.07. The molecule has 1 aromatic heterocycles. The highest BCUT2D eigenvalue weighted by molar-refractivity contribution is 5.53. The monoisotopic (exact) mass is 233 g/mol. The van der Waals surface area contributed by atoms with Gasteiger partial charge in [-0.25, -0.2) is 0 Å². The third-order valence-electron chi connectivity index (χ3n) is 2.66. The number of anilines is 1. The summed E-state index contributed by atoms with van der Waals surface area (Å²) in [6, 6.07) is 2.13. The first kappa shape index (κ1) is 13.7. The SMILES string of the molecule is C=CCN(C)c1cc(C)ncc1CNCCC. The van der Waals surface area contributed by atoms with E-state index in [-0.39, 0.29) is 0 Å². The molecule has 0 amide bonds. The van der Waals surface area contributed by atoms with Gasteiger partial charge < -0.3 is 10.2 Å². The standard InChI is InChI=1S/C14H23N3/c1-5-7-15-10-13-11-16-12(3)9-14(13)17(4)8-6-2/h6,9,11,15H,2,5,7-8,10H2,1,3-4H3. The minimum Gasteiger partial charge on any atom is -0.371 e. The second kappa shape index (κ2) is 7.07. The fourth-order valence-electron chi connectivity index (χ4n) is 1.76. The Balaban J connectivity index is 2.83. The van der Waals surface area contributed by atoms with Crippen LogP contribution >= 0.6 is 0 Å². The predicted molar refractivity (Wildman–Crippen MR) is 74.4 cm³/mol. The van der Waals surface area contributed by atoms with Crippen molar-refractivity contribution in [1.82, 2.24) is 10.3 Å². The van der Waals surface area contributed by atoms with Crippen molar-refractivity contribution in [2.45, 2.75) is 26.8 Å². The molecule has 17 heavy (non-hydrogen) atoms. The molecule has 0 bridgehead atoms. The zero-order valence-electron chi connectivity index (χ0n) is 11.2. The van der Waals surface area contributed by atoms with Crippen molar-refractivity contribution in [3.05, 3.63) is 36.2 Å². The van der Waals surface area contributed by atoms with E-state index in [0.29, 0.717) is 0 Å². The summed E-state index contributed by atoms with van der Waals surface area (Å²) in [4.78, 5) is 6.57. The van der Waals surface area contributed by atoms with Gasteiger partial charge >= 0.3 is 0 Å². The van der Waals surface area contributed by atoms with Gasteiger partial charge in [-0.3, -0.25) is 4.98 Å². The van der Waals surface area contributed by atoms with Crippen molar-refractivity contribution < 1.29 is 0 Å². The summed E-state index contributed by atoms with van der Waals surface area (Å²) in [6.45, 7) is 10.7. The molecule has 0 atom stereocenters. The smallest absolute Gasteiger partial charge is 0.0445 e. The van der Waals surface area contributed by atoms with Crippen molar-refractivity contribution in [2.75, 3.05) is 25.0 Å². The molecule has 0 saturated heterocycles. The molecule has 94 valence electrons. The Kier molecular flexibility index (Phi) is 5.70. The van der Waals surface area contributed by atoms with Crippen LogP contribution in [0.4, 0.5) is 5.69 Å². The van der Waals surface area contributed by atoms with E-state index in [1.54, 1.807) is 0 Å². The molecular formula is C14H23N3. The maximum absolute atomic E-state index is 4.37. The molecule has 3 heteroatoms. The fraction of sp³-hybridized carbons (Fsp3) is 0.500. The number of rotatable bonds is 7. The first-order valence-electron chi connectivity index (χ1n) is 6.17. The van der Waals surface area contributed by atoms with Crippen molar-refractivity contribution in [3.8, 4) is 0 Å². The molecule has 0 aliphatic rings. The third kappa shape index (κ3) is 4.19. The molecule has 0 aliphatic heterocycles. The lowest BCUT2D eigenvalue weighted by molar-refractivity contribution is 0.672. The van der Waals surface area contributed by atoms with Crippen LogP contribution in [-0.2, 0) is 6.54 Å². The van der Waals surface area contributed by atoms with E-state index in [4.69, 9.17) is 0 Å². The number of nitrogens with one attached hydrogen (secondary N) is 1. The largest absolute Gasteiger partial charge is 0.371 e. The second-order valence-corrected chi connectivity index (χ2v) is 4.30. The van der Waals surface area contributed by atoms with Crippen LogP contribution in [0.1, 0.15) is 24.6 Å². The van der Waals surface area contributed by atoms with Crippen molar-refractivity contribution >= 4 is 5.69 Å². The van der Waals surface area contributed by atoms with E-state index in [1.165, 1.54) is 11.3 Å². The Morgan fingerprint density at radius 2 is 2.29 bits per heavy atom. The summed E-state index contributed by atoms with van der Waals surface area (Å²) in [6.07, 6.45) is 5.03. The number of aryl methyl sites for hydroxylation is 1. The highest BCUT2D eigenvalue weighted by Crippen LogP contribution is 2.19. The van der Waals surface area contributed by atoms with Crippen LogP contribution in [0.3, 0.4) is 0 Å². The van der Waals surface area contributed by atoms with Crippen LogP contribution in [0.25, 0.3) is 0 Å². The van der Waals surface area contributed by atoms with E-state index in [9.17, 15) is 0 Å². The molecule has 0 spiro atoms. The Hall–Kier alpha value is -1.35. The summed E-state index contributed by atoms with van der Waals surface area (Å²) < 4.78 is 0. The lowest BCUT2D eigenvalue weighted by Gasteiger charge is -2.21. The number of likely N-dealkylation sites (N-methyl/N-ethyl adjacent to an activating group) is 1. The highest BCUT2D eigenvalue weighted by atomic mass is 15.1. The van der Waals surface area contributed by atoms with Gasteiger partial charge in [0.1, 0.15) is 0 Å². The van der Waals surface area contributed by atoms with Gasteiger partial charge in [-0.15, -0.1) is 6.58 Å². The zero-order chi connectivity index (χ0) is 12.7. The number of aromatic nitrogens is 1.